The van der Waals surface area contributed by atoms with Crippen LogP contribution >= 0.6 is 0 Å². The van der Waals surface area contributed by atoms with Gasteiger partial charge in [-0.05, 0) is 0 Å². The second kappa shape index (κ2) is 17.4. The van der Waals surface area contributed by atoms with Gasteiger partial charge in [-0.15, -0.1) is 0 Å². The summed E-state index contributed by atoms with van der Waals surface area (Å²) in [5.74, 6) is 0. The number of unbranched alkanes of at least 4 members (excludes halogenated alkanes) is 9. The summed E-state index contributed by atoms with van der Waals surface area (Å²) < 4.78 is 34.1. The molecule has 0 N–H and O–H groups in total. The summed E-state index contributed by atoms with van der Waals surface area (Å²) in [7, 11) is -5.17. The van der Waals surface area contributed by atoms with Crippen molar-refractivity contribution in [1.29, 1.82) is 0 Å². The molecule has 4 nitrogen and oxygen atoms in total. The van der Waals surface area contributed by atoms with Gasteiger partial charge in [-0.25, -0.2) is 0 Å². The van der Waals surface area contributed by atoms with Crippen LogP contribution in [0.1, 0.15) is 71.1 Å². The molecule has 0 aliphatic heterocycles. The topological polar surface area (TPSA) is 80.3 Å². The Morgan fingerprint density at radius 3 is 1.39 bits per heavy atom. The van der Waals surface area contributed by atoms with Crippen molar-refractivity contribution >= 4 is 10.4 Å². The van der Waals surface area contributed by atoms with Gasteiger partial charge in [-0.2, -0.15) is 6.42 Å². The molecule has 0 spiro atoms. The standard InChI is InChI=1S/C12H25.Fe.H2O4S/c1-3-5-7-9-11-12-10-8-6-4-2;;1-5(2,3)4/h1,3-12H2,2H3;;(H2,1,2,3,4)/q-1;+3;/p-2. The fraction of sp³-hybridized carbons (Fsp3) is 0.917. The molecule has 0 aromatic heterocycles. The SMILES string of the molecule is O=S(=O)([O-])[O-].[CH2-]CCCCCCCCCCC.[Fe+3]. The van der Waals surface area contributed by atoms with Crippen LogP contribution in [0.25, 0.3) is 0 Å². The third-order valence-electron chi connectivity index (χ3n) is 2.35. The molecule has 0 atom stereocenters. The van der Waals surface area contributed by atoms with Crippen LogP contribution in [0.5, 0.6) is 0 Å². The van der Waals surface area contributed by atoms with E-state index in [1.165, 1.54) is 57.8 Å². The fourth-order valence-corrected chi connectivity index (χ4v) is 1.49. The van der Waals surface area contributed by atoms with Crippen LogP contribution in [-0.4, -0.2) is 17.5 Å². The molecule has 0 aliphatic rings. The molecule has 0 rings (SSSR count). The average molecular weight is 321 g/mol. The van der Waals surface area contributed by atoms with Crippen LogP contribution in [0, 0.1) is 6.92 Å². The third kappa shape index (κ3) is 44.0. The molecular weight excluding hydrogens is 296 g/mol. The zero-order chi connectivity index (χ0) is 13.6. The minimum absolute atomic E-state index is 0. The van der Waals surface area contributed by atoms with E-state index in [2.05, 4.69) is 13.8 Å². The Morgan fingerprint density at radius 1 is 0.833 bits per heavy atom. The Hall–Kier alpha value is 0.389. The smallest absolute Gasteiger partial charge is 0.759 e. The van der Waals surface area contributed by atoms with E-state index < -0.39 is 10.4 Å². The molecule has 0 unspecified atom stereocenters. The van der Waals surface area contributed by atoms with Crippen LogP contribution in [0.4, 0.5) is 0 Å². The fourth-order valence-electron chi connectivity index (χ4n) is 1.49. The van der Waals surface area contributed by atoms with E-state index in [4.69, 9.17) is 17.5 Å². The quantitative estimate of drug-likeness (QED) is 0.214. The predicted molar refractivity (Wildman–Crippen MR) is 67.7 cm³/mol. The zero-order valence-corrected chi connectivity index (χ0v) is 13.1. The largest absolute Gasteiger partial charge is 3.00 e. The molecule has 0 aliphatic carbocycles. The molecule has 111 valence electrons. The molecule has 0 saturated carbocycles. The normalized spacial score (nSPS) is 10.2. The first-order valence-electron chi connectivity index (χ1n) is 6.37. The summed E-state index contributed by atoms with van der Waals surface area (Å²) >= 11 is 0. The van der Waals surface area contributed by atoms with Crippen molar-refractivity contribution in [1.82, 2.24) is 0 Å². The third-order valence-corrected chi connectivity index (χ3v) is 2.35. The number of hydrogen-bond acceptors (Lipinski definition) is 4. The van der Waals surface area contributed by atoms with Gasteiger partial charge in [-0.3, -0.25) is 8.42 Å². The Labute approximate surface area is 123 Å². The van der Waals surface area contributed by atoms with Crippen molar-refractivity contribution < 1.29 is 34.6 Å². The van der Waals surface area contributed by atoms with Gasteiger partial charge in [0.2, 0.25) is 0 Å². The van der Waals surface area contributed by atoms with Crippen molar-refractivity contribution in [3.63, 3.8) is 0 Å². The molecule has 0 saturated heterocycles. The molecule has 0 amide bonds. The van der Waals surface area contributed by atoms with Crippen molar-refractivity contribution in [2.75, 3.05) is 0 Å². The van der Waals surface area contributed by atoms with Crippen molar-refractivity contribution in [2.24, 2.45) is 0 Å². The van der Waals surface area contributed by atoms with Crippen LogP contribution in [0.15, 0.2) is 0 Å². The molecule has 6 heteroatoms. The Kier molecular flexibility index (Phi) is 22.7. The minimum Gasteiger partial charge on any atom is -0.759 e. The summed E-state index contributed by atoms with van der Waals surface area (Å²) in [6.07, 6.45) is 13.9. The second-order valence-electron chi connectivity index (χ2n) is 4.09. The van der Waals surface area contributed by atoms with Crippen molar-refractivity contribution in [2.45, 2.75) is 71.1 Å². The minimum atomic E-state index is -5.17. The molecule has 0 aromatic rings. The van der Waals surface area contributed by atoms with Gasteiger partial charge in [0.05, 0.1) is 0 Å². The molecule has 18 heavy (non-hydrogen) atoms. The van der Waals surface area contributed by atoms with E-state index in [0.29, 0.717) is 0 Å². The van der Waals surface area contributed by atoms with Crippen molar-refractivity contribution in [3.05, 3.63) is 6.92 Å². The Balaban J connectivity index is -0.000000321. The summed E-state index contributed by atoms with van der Waals surface area (Å²) in [6, 6.07) is 0. The molecule has 0 aromatic carbocycles. The summed E-state index contributed by atoms with van der Waals surface area (Å²) in [5.41, 5.74) is 0. The van der Waals surface area contributed by atoms with Crippen LogP contribution in [0.2, 0.25) is 0 Å². The van der Waals surface area contributed by atoms with E-state index in [1.54, 1.807) is 0 Å². The monoisotopic (exact) mass is 321 g/mol. The van der Waals surface area contributed by atoms with Gasteiger partial charge in [0.15, 0.2) is 0 Å². The van der Waals surface area contributed by atoms with Gasteiger partial charge < -0.3 is 16.0 Å². The van der Waals surface area contributed by atoms with Crippen LogP contribution < -0.4 is 0 Å². The first-order chi connectivity index (χ1) is 7.91. The average Bonchev–Trinajstić information content (AvgIpc) is 2.20. The molecule has 0 bridgehead atoms. The van der Waals surface area contributed by atoms with Crippen LogP contribution in [-0.2, 0) is 27.5 Å². The van der Waals surface area contributed by atoms with Gasteiger partial charge in [-0.1, -0.05) is 64.7 Å². The van der Waals surface area contributed by atoms with Gasteiger partial charge >= 0.3 is 17.1 Å². The Bertz CT molecular complexity index is 212. The van der Waals surface area contributed by atoms with Gasteiger partial charge in [0.25, 0.3) is 0 Å². The predicted octanol–water partition coefficient (Wildman–Crippen LogP) is 3.40. The number of rotatable bonds is 9. The molecular formula is C12H25FeO4S. The molecule has 0 fully saturated rings. The van der Waals surface area contributed by atoms with E-state index in [0.717, 1.165) is 6.42 Å². The summed E-state index contributed by atoms with van der Waals surface area (Å²) in [4.78, 5) is 0. The maximum Gasteiger partial charge on any atom is 3.00 e. The summed E-state index contributed by atoms with van der Waals surface area (Å²) in [6.45, 7) is 6.12. The molecule has 1 radical (unpaired) electrons. The van der Waals surface area contributed by atoms with E-state index in [-0.39, 0.29) is 17.1 Å². The second-order valence-corrected chi connectivity index (χ2v) is 4.91. The summed E-state index contributed by atoms with van der Waals surface area (Å²) in [5, 5.41) is 0. The van der Waals surface area contributed by atoms with Gasteiger partial charge in [0, 0.05) is 10.4 Å². The first kappa shape index (κ1) is 23.5. The van der Waals surface area contributed by atoms with Gasteiger partial charge in [0.1, 0.15) is 0 Å². The van der Waals surface area contributed by atoms with E-state index in [9.17, 15) is 0 Å². The van der Waals surface area contributed by atoms with E-state index in [1.807, 2.05) is 0 Å². The number of hydrogen-bond donors (Lipinski definition) is 0. The van der Waals surface area contributed by atoms with E-state index >= 15 is 0 Å². The maximum absolute atomic E-state index is 8.52. The van der Waals surface area contributed by atoms with Crippen LogP contribution in [0.3, 0.4) is 0 Å². The van der Waals surface area contributed by atoms with Crippen molar-refractivity contribution in [3.8, 4) is 0 Å². The zero-order valence-electron chi connectivity index (χ0n) is 11.2. The Morgan fingerprint density at radius 2 is 1.11 bits per heavy atom. The molecule has 0 heterocycles. The first-order valence-corrected chi connectivity index (χ1v) is 7.71. The maximum atomic E-state index is 8.52.